The van der Waals surface area contributed by atoms with Crippen LogP contribution in [0.15, 0.2) is 91.0 Å². The van der Waals surface area contributed by atoms with Crippen molar-refractivity contribution in [2.24, 2.45) is 0 Å². The van der Waals surface area contributed by atoms with E-state index in [1.165, 1.54) is 24.3 Å². The van der Waals surface area contributed by atoms with Crippen LogP contribution in [0.4, 0.5) is 0 Å². The number of ether oxygens (including phenoxy) is 3. The Bertz CT molecular complexity index is 1850. The Morgan fingerprint density at radius 1 is 0.667 bits per heavy atom. The Kier molecular flexibility index (Phi) is 17.1. The molecule has 0 heterocycles. The number of benzene rings is 4. The molecular weight excluding hydrogens is 682 g/mol. The molecule has 0 saturated carbocycles. The van der Waals surface area contributed by atoms with E-state index in [2.05, 4.69) is 0 Å². The number of hydrogen-bond donors (Lipinski definition) is 1. The van der Waals surface area contributed by atoms with Crippen molar-refractivity contribution in [3.63, 3.8) is 0 Å². The first-order chi connectivity index (χ1) is 21.9. The Hall–Kier alpha value is -2.43. The molecule has 0 aliphatic carbocycles. The number of hydrogen-bond acceptors (Lipinski definition) is 10. The number of ketones is 1. The van der Waals surface area contributed by atoms with Crippen molar-refractivity contribution in [3.8, 4) is 39.9 Å². The Labute approximate surface area is 324 Å². The number of carbonyl (C=O) groups is 1. The van der Waals surface area contributed by atoms with E-state index in [1.54, 1.807) is 60.7 Å². The van der Waals surface area contributed by atoms with Crippen LogP contribution in [0.5, 0.6) is 28.7 Å². The summed E-state index contributed by atoms with van der Waals surface area (Å²) in [5.74, 6) is 0.708. The largest absolute Gasteiger partial charge is 1.00 e. The number of carbonyl (C=O) groups excluding carboxylic acids is 1. The van der Waals surface area contributed by atoms with E-state index in [-0.39, 0.29) is 102 Å². The van der Waals surface area contributed by atoms with Gasteiger partial charge >= 0.3 is 59.1 Å². The molecule has 244 valence electrons. The summed E-state index contributed by atoms with van der Waals surface area (Å²) in [6.45, 7) is 0.380. The van der Waals surface area contributed by atoms with Crippen LogP contribution in [0.3, 0.4) is 0 Å². The maximum atomic E-state index is 12.7. The summed E-state index contributed by atoms with van der Waals surface area (Å²) in [6, 6.07) is 24.5. The molecule has 15 heteroatoms. The van der Waals surface area contributed by atoms with Gasteiger partial charge in [0.05, 0.1) is 29.1 Å². The van der Waals surface area contributed by atoms with Crippen molar-refractivity contribution in [2.45, 2.75) is 25.7 Å². The average Bonchev–Trinajstić information content (AvgIpc) is 3.00. The molecule has 0 fully saturated rings. The van der Waals surface area contributed by atoms with E-state index in [9.17, 15) is 31.3 Å². The van der Waals surface area contributed by atoms with Crippen LogP contribution in [0.1, 0.15) is 41.6 Å². The summed E-state index contributed by atoms with van der Waals surface area (Å²) in [5.41, 5.74) is 2.19. The first-order valence-corrected chi connectivity index (χ1v) is 17.5. The number of rotatable bonds is 17. The van der Waals surface area contributed by atoms with Gasteiger partial charge in [0.15, 0.2) is 5.78 Å². The molecule has 0 atom stereocenters. The van der Waals surface area contributed by atoms with Gasteiger partial charge in [0.2, 0.25) is 0 Å². The molecule has 0 aromatic heterocycles. The number of unbranched alkanes of at least 4 members (excludes halogenated alkanes) is 2. The molecule has 4 rings (SSSR count). The van der Waals surface area contributed by atoms with Gasteiger partial charge < -0.3 is 23.9 Å². The Morgan fingerprint density at radius 2 is 1.25 bits per heavy atom. The van der Waals surface area contributed by atoms with Gasteiger partial charge in [-0.2, -0.15) is 8.42 Å². The molecule has 0 spiro atoms. The summed E-state index contributed by atoms with van der Waals surface area (Å²) in [7, 11) is -8.35. The van der Waals surface area contributed by atoms with Gasteiger partial charge in [0, 0.05) is 22.4 Å². The minimum Gasteiger partial charge on any atom is -0.872 e. The topological polar surface area (TPSA) is 179 Å². The van der Waals surface area contributed by atoms with E-state index >= 15 is 0 Å². The summed E-state index contributed by atoms with van der Waals surface area (Å²) >= 11 is 0. The van der Waals surface area contributed by atoms with Crippen LogP contribution < -0.4 is 78.4 Å². The molecule has 4 aromatic carbocycles. The van der Waals surface area contributed by atoms with E-state index < -0.39 is 26.0 Å². The summed E-state index contributed by atoms with van der Waals surface area (Å²) < 4.78 is 81.3. The normalized spacial score (nSPS) is 11.1. The van der Waals surface area contributed by atoms with Crippen LogP contribution in [0.2, 0.25) is 0 Å². The van der Waals surface area contributed by atoms with Crippen molar-refractivity contribution in [3.05, 3.63) is 102 Å². The molecule has 0 radical (unpaired) electrons. The van der Waals surface area contributed by atoms with Gasteiger partial charge in [-0.05, 0) is 85.8 Å². The Balaban J connectivity index is 0.00000400. The fourth-order valence-corrected chi connectivity index (χ4v) is 5.53. The van der Waals surface area contributed by atoms with Gasteiger partial charge in [0.1, 0.15) is 23.0 Å². The van der Waals surface area contributed by atoms with Gasteiger partial charge in [0.25, 0.3) is 10.1 Å². The third-order valence-corrected chi connectivity index (χ3v) is 8.27. The van der Waals surface area contributed by atoms with Crippen LogP contribution >= 0.6 is 0 Å². The molecule has 0 amide bonds. The molecule has 0 aliphatic heterocycles. The van der Waals surface area contributed by atoms with Crippen molar-refractivity contribution in [1.29, 1.82) is 0 Å². The molecular formula is C33H32Na2O11S2. The smallest absolute Gasteiger partial charge is 0.872 e. The van der Waals surface area contributed by atoms with E-state index in [0.29, 0.717) is 58.1 Å². The van der Waals surface area contributed by atoms with Crippen LogP contribution in [0.25, 0.3) is 11.1 Å². The third kappa shape index (κ3) is 14.2. The van der Waals surface area contributed by atoms with E-state index in [1.807, 2.05) is 6.07 Å². The van der Waals surface area contributed by atoms with Crippen molar-refractivity contribution >= 4 is 26.0 Å². The summed E-state index contributed by atoms with van der Waals surface area (Å²) in [5, 5.41) is 11.3. The molecule has 0 saturated heterocycles. The van der Waals surface area contributed by atoms with Gasteiger partial charge in [-0.3, -0.25) is 9.35 Å². The maximum absolute atomic E-state index is 12.7. The Morgan fingerprint density at radius 3 is 1.88 bits per heavy atom. The first-order valence-electron chi connectivity index (χ1n) is 14.3. The molecule has 1 N–H and O–H groups in total. The quantitative estimate of drug-likeness (QED) is 0.0627. The van der Waals surface area contributed by atoms with Gasteiger partial charge in [-0.1, -0.05) is 36.4 Å². The van der Waals surface area contributed by atoms with Crippen LogP contribution in [-0.2, 0) is 20.2 Å². The SMILES string of the molecule is O=C(c1ccc([O-])cc1)c1ccc(Oc2cccc(-c3cc(OCCCCS(=O)(=O)[O-])ccc3OCCCCS(=O)(=O)O)c2)cc1.[Na+].[Na+]. The minimum absolute atomic E-state index is 0. The van der Waals surface area contributed by atoms with Crippen LogP contribution in [-0.4, -0.2) is 56.4 Å². The molecule has 11 nitrogen and oxygen atoms in total. The van der Waals surface area contributed by atoms with E-state index in [4.69, 9.17) is 18.8 Å². The predicted molar refractivity (Wildman–Crippen MR) is 168 cm³/mol. The third-order valence-electron chi connectivity index (χ3n) is 6.68. The molecule has 48 heavy (non-hydrogen) atoms. The molecule has 0 aliphatic rings. The van der Waals surface area contributed by atoms with Gasteiger partial charge in [-0.25, -0.2) is 8.42 Å². The van der Waals surface area contributed by atoms with Crippen LogP contribution in [0, 0.1) is 0 Å². The fourth-order valence-electron chi connectivity index (χ4n) is 4.40. The molecule has 0 unspecified atom stereocenters. The van der Waals surface area contributed by atoms with Crippen molar-refractivity contribution in [2.75, 3.05) is 24.7 Å². The standard InChI is InChI=1S/C33H34O11S2.2Na/c34-27-12-8-24(9-13-27)33(35)25-10-14-28(15-11-25)44-30-7-5-6-26(22-30)31-23-29(42-18-1-3-20-45(36,37)38)16-17-32(31)43-19-2-4-21-46(39,40)41;;/h5-17,22-23,34H,1-4,18-21H2,(H,36,37,38)(H,39,40,41);;/q;2*+1/p-2. The first kappa shape index (κ1) is 41.7. The van der Waals surface area contributed by atoms with Crippen molar-refractivity contribution < 1.29 is 109 Å². The van der Waals surface area contributed by atoms with Gasteiger partial charge in [-0.15, -0.1) is 5.75 Å². The summed E-state index contributed by atoms with van der Waals surface area (Å²) in [6.07, 6.45) is 1.13. The van der Waals surface area contributed by atoms with Crippen molar-refractivity contribution in [1.82, 2.24) is 0 Å². The zero-order valence-corrected chi connectivity index (χ0v) is 32.3. The second-order valence-electron chi connectivity index (χ2n) is 10.3. The second kappa shape index (κ2) is 19.7. The zero-order valence-electron chi connectivity index (χ0n) is 26.7. The maximum Gasteiger partial charge on any atom is 1.00 e. The summed E-state index contributed by atoms with van der Waals surface area (Å²) in [4.78, 5) is 12.7. The van der Waals surface area contributed by atoms with E-state index in [0.717, 1.165) is 0 Å². The average molecular weight is 715 g/mol. The minimum atomic E-state index is -4.29. The monoisotopic (exact) mass is 714 g/mol. The predicted octanol–water partition coefficient (Wildman–Crippen LogP) is -0.790. The second-order valence-corrected chi connectivity index (χ2v) is 13.4. The molecule has 4 aromatic rings. The zero-order chi connectivity index (χ0) is 33.2. The molecule has 0 bridgehead atoms. The fraction of sp³-hybridized carbons (Fsp3) is 0.242.